The van der Waals surface area contributed by atoms with Crippen LogP contribution < -0.4 is 4.72 Å². The van der Waals surface area contributed by atoms with Gasteiger partial charge in [0.1, 0.15) is 6.10 Å². The molecule has 1 aliphatic heterocycles. The first-order chi connectivity index (χ1) is 8.93. The van der Waals surface area contributed by atoms with Gasteiger partial charge >= 0.3 is 10.3 Å². The minimum absolute atomic E-state index is 0.495. The summed E-state index contributed by atoms with van der Waals surface area (Å²) in [6, 6.07) is 7.57. The Morgan fingerprint density at radius 1 is 1.32 bits per heavy atom. The minimum atomic E-state index is -3.84. The molecule has 19 heavy (non-hydrogen) atoms. The van der Waals surface area contributed by atoms with Gasteiger partial charge in [-0.1, -0.05) is 18.2 Å². The fourth-order valence-electron chi connectivity index (χ4n) is 1.81. The van der Waals surface area contributed by atoms with E-state index in [4.69, 9.17) is 9.47 Å². The van der Waals surface area contributed by atoms with Crippen molar-refractivity contribution in [3.8, 4) is 0 Å². The van der Waals surface area contributed by atoms with Crippen LogP contribution in [0.25, 0.3) is 0 Å². The van der Waals surface area contributed by atoms with Crippen LogP contribution in [-0.4, -0.2) is 28.0 Å². The van der Waals surface area contributed by atoms with Crippen LogP contribution in [-0.2, 0) is 24.0 Å². The second-order valence-electron chi connectivity index (χ2n) is 3.94. The third-order valence-corrected chi connectivity index (χ3v) is 4.59. The van der Waals surface area contributed by atoms with E-state index in [9.17, 15) is 8.42 Å². The van der Waals surface area contributed by atoms with E-state index in [-0.39, 0.29) is 0 Å². The number of halogens is 1. The fourth-order valence-corrected chi connectivity index (χ4v) is 3.06. The molecule has 2 rings (SSSR count). The molecule has 1 saturated heterocycles. The Hall–Kier alpha value is -0.260. The minimum Gasteiger partial charge on any atom is -0.341 e. The second kappa shape index (κ2) is 6.02. The Bertz CT molecular complexity index is 550. The van der Waals surface area contributed by atoms with Gasteiger partial charge in [0.05, 0.1) is 7.11 Å². The molecule has 0 radical (unpaired) electrons. The monoisotopic (exact) mass is 399 g/mol. The van der Waals surface area contributed by atoms with E-state index >= 15 is 0 Å². The highest BCUT2D eigenvalue weighted by Crippen LogP contribution is 2.33. The van der Waals surface area contributed by atoms with Gasteiger partial charge in [-0.05, 0) is 41.1 Å². The molecular weight excluding hydrogens is 385 g/mol. The van der Waals surface area contributed by atoms with Crippen molar-refractivity contribution in [3.63, 3.8) is 0 Å². The number of benzene rings is 1. The number of hydrogen-bond acceptors (Lipinski definition) is 5. The van der Waals surface area contributed by atoms with Crippen LogP contribution in [0.15, 0.2) is 24.3 Å². The van der Waals surface area contributed by atoms with Crippen molar-refractivity contribution < 1.29 is 22.1 Å². The van der Waals surface area contributed by atoms with Crippen molar-refractivity contribution in [1.29, 1.82) is 0 Å². The summed E-state index contributed by atoms with van der Waals surface area (Å²) < 4.78 is 41.6. The van der Waals surface area contributed by atoms with Crippen molar-refractivity contribution in [2.75, 3.05) is 7.11 Å². The summed E-state index contributed by atoms with van der Waals surface area (Å²) in [5.41, 5.74) is 0.872. The van der Waals surface area contributed by atoms with E-state index in [1.54, 1.807) is 6.92 Å². The first kappa shape index (κ1) is 15.1. The summed E-state index contributed by atoms with van der Waals surface area (Å²) in [4.78, 5) is 0. The summed E-state index contributed by atoms with van der Waals surface area (Å²) in [5.74, 6) is 0. The highest BCUT2D eigenvalue weighted by atomic mass is 127. The Kier molecular flexibility index (Phi) is 4.79. The lowest BCUT2D eigenvalue weighted by Crippen LogP contribution is -2.38. The number of nitrogens with one attached hydrogen (secondary N) is 1. The molecule has 1 aromatic rings. The van der Waals surface area contributed by atoms with Gasteiger partial charge in [0.25, 0.3) is 0 Å². The molecule has 106 valence electrons. The van der Waals surface area contributed by atoms with E-state index in [0.717, 1.165) is 16.2 Å². The Morgan fingerprint density at radius 3 is 2.63 bits per heavy atom. The normalized spacial score (nSPS) is 27.6. The van der Waals surface area contributed by atoms with Crippen LogP contribution in [0.1, 0.15) is 18.6 Å². The second-order valence-corrected chi connectivity index (χ2v) is 6.58. The maximum Gasteiger partial charge on any atom is 0.337 e. The van der Waals surface area contributed by atoms with E-state index in [0.29, 0.717) is 0 Å². The smallest absolute Gasteiger partial charge is 0.337 e. The molecule has 1 heterocycles. The third-order valence-electron chi connectivity index (χ3n) is 2.64. The van der Waals surface area contributed by atoms with Gasteiger partial charge < -0.3 is 9.47 Å². The average molecular weight is 399 g/mol. The van der Waals surface area contributed by atoms with E-state index in [1.165, 1.54) is 0 Å². The molecule has 0 aliphatic carbocycles. The Balaban J connectivity index is 2.26. The van der Waals surface area contributed by atoms with Crippen LogP contribution >= 0.6 is 22.6 Å². The predicted octanol–water partition coefficient (Wildman–Crippen LogP) is 1.53. The van der Waals surface area contributed by atoms with Gasteiger partial charge in [0.15, 0.2) is 12.5 Å². The Morgan fingerprint density at radius 2 is 2.00 bits per heavy atom. The summed E-state index contributed by atoms with van der Waals surface area (Å²) in [6.45, 7) is 1.71. The SMILES string of the molecule is COS(=O)(=O)N[C@@H]1OC(C)O[C@@H]1c1ccccc1I. The van der Waals surface area contributed by atoms with Crippen LogP contribution in [0.5, 0.6) is 0 Å². The molecule has 0 spiro atoms. The van der Waals surface area contributed by atoms with Gasteiger partial charge in [-0.15, -0.1) is 0 Å². The van der Waals surface area contributed by atoms with Gasteiger partial charge in [-0.2, -0.15) is 13.1 Å². The molecule has 0 bridgehead atoms. The molecule has 1 unspecified atom stereocenters. The molecule has 0 aromatic heterocycles. The third kappa shape index (κ3) is 3.64. The largest absolute Gasteiger partial charge is 0.341 e. The predicted molar refractivity (Wildman–Crippen MR) is 76.4 cm³/mol. The van der Waals surface area contributed by atoms with Crippen molar-refractivity contribution in [3.05, 3.63) is 33.4 Å². The first-order valence-corrected chi connectivity index (χ1v) is 8.05. The van der Waals surface area contributed by atoms with Crippen LogP contribution in [0, 0.1) is 3.57 Å². The molecule has 6 nitrogen and oxygen atoms in total. The molecule has 8 heteroatoms. The van der Waals surface area contributed by atoms with Crippen LogP contribution in [0.4, 0.5) is 0 Å². The number of ether oxygens (including phenoxy) is 2. The van der Waals surface area contributed by atoms with Crippen molar-refractivity contribution in [2.24, 2.45) is 0 Å². The fraction of sp³-hybridized carbons (Fsp3) is 0.455. The molecule has 1 aromatic carbocycles. The Labute approximate surface area is 125 Å². The van der Waals surface area contributed by atoms with E-state index in [2.05, 4.69) is 31.5 Å². The molecule has 1 aliphatic rings. The van der Waals surface area contributed by atoms with Crippen LogP contribution in [0.2, 0.25) is 0 Å². The maximum absolute atomic E-state index is 11.5. The van der Waals surface area contributed by atoms with Gasteiger partial charge in [0.2, 0.25) is 0 Å². The lowest BCUT2D eigenvalue weighted by atomic mass is 10.1. The molecule has 0 saturated carbocycles. The van der Waals surface area contributed by atoms with Gasteiger partial charge in [-0.25, -0.2) is 0 Å². The van der Waals surface area contributed by atoms with Crippen LogP contribution in [0.3, 0.4) is 0 Å². The number of hydrogen-bond donors (Lipinski definition) is 1. The quantitative estimate of drug-likeness (QED) is 0.778. The topological polar surface area (TPSA) is 73.9 Å². The summed E-state index contributed by atoms with van der Waals surface area (Å²) >= 11 is 2.17. The first-order valence-electron chi connectivity index (χ1n) is 5.56. The molecule has 1 fully saturated rings. The standard InChI is InChI=1S/C11H14INO5S/c1-7-17-10(8-5-3-4-6-9(8)12)11(18-7)13-19(14,15)16-2/h3-7,10-11,13H,1-2H3/t7?,10-,11-/m1/s1. The van der Waals surface area contributed by atoms with Crippen molar-refractivity contribution >= 4 is 32.9 Å². The summed E-state index contributed by atoms with van der Waals surface area (Å²) in [7, 11) is -2.75. The summed E-state index contributed by atoms with van der Waals surface area (Å²) in [6.07, 6.45) is -1.81. The zero-order valence-corrected chi connectivity index (χ0v) is 13.3. The highest BCUT2D eigenvalue weighted by molar-refractivity contribution is 14.1. The average Bonchev–Trinajstić information content (AvgIpc) is 2.70. The molecule has 3 atom stereocenters. The van der Waals surface area contributed by atoms with Crippen molar-refractivity contribution in [2.45, 2.75) is 25.5 Å². The molecule has 1 N–H and O–H groups in total. The maximum atomic E-state index is 11.5. The zero-order valence-electron chi connectivity index (χ0n) is 10.4. The lowest BCUT2D eigenvalue weighted by Gasteiger charge is -2.18. The lowest BCUT2D eigenvalue weighted by molar-refractivity contribution is -0.0524. The van der Waals surface area contributed by atoms with E-state index in [1.807, 2.05) is 24.3 Å². The molecule has 0 amide bonds. The van der Waals surface area contributed by atoms with Gasteiger partial charge in [0, 0.05) is 3.57 Å². The molecular formula is C11H14INO5S. The van der Waals surface area contributed by atoms with E-state index < -0.39 is 28.9 Å². The van der Waals surface area contributed by atoms with Crippen molar-refractivity contribution in [1.82, 2.24) is 4.72 Å². The summed E-state index contributed by atoms with van der Waals surface area (Å²) in [5, 5.41) is 0. The highest BCUT2D eigenvalue weighted by Gasteiger charge is 2.38. The van der Waals surface area contributed by atoms with Gasteiger partial charge in [-0.3, -0.25) is 4.18 Å². The number of rotatable bonds is 4. The zero-order chi connectivity index (χ0) is 14.0.